The average molecular weight is 421 g/mol. The van der Waals surface area contributed by atoms with Crippen LogP contribution in [0.4, 0.5) is 22.0 Å². The van der Waals surface area contributed by atoms with Crippen LogP contribution in [0.3, 0.4) is 0 Å². The first-order valence-corrected chi connectivity index (χ1v) is 8.85. The van der Waals surface area contributed by atoms with Crippen molar-refractivity contribution in [2.24, 2.45) is 0 Å². The lowest BCUT2D eigenvalue weighted by atomic mass is 9.97. The largest absolute Gasteiger partial charge is 0.416 e. The molecule has 3 rings (SSSR count). The molecule has 1 fully saturated rings. The molecule has 1 aliphatic heterocycles. The van der Waals surface area contributed by atoms with Gasteiger partial charge in [0, 0.05) is 38.6 Å². The highest BCUT2D eigenvalue weighted by atomic mass is 35.5. The third-order valence-electron chi connectivity index (χ3n) is 4.83. The topological polar surface area (TPSA) is 15.3 Å². The molecule has 0 aromatic heterocycles. The second-order valence-electron chi connectivity index (χ2n) is 6.63. The van der Waals surface area contributed by atoms with Crippen LogP contribution >= 0.6 is 12.4 Å². The number of rotatable bonds is 5. The van der Waals surface area contributed by atoms with Crippen LogP contribution in [-0.4, -0.2) is 37.5 Å². The number of halogens is 6. The average Bonchev–Trinajstić information content (AvgIpc) is 2.66. The van der Waals surface area contributed by atoms with Gasteiger partial charge in [0.15, 0.2) is 0 Å². The number of hydrogen-bond donors (Lipinski definition) is 1. The summed E-state index contributed by atoms with van der Waals surface area (Å²) in [6, 6.07) is 11.7. The number of nitrogens with zero attached hydrogens (tertiary/aromatic N) is 1. The molecule has 0 aliphatic carbocycles. The second kappa shape index (κ2) is 9.67. The normalized spacial score (nSPS) is 16.6. The highest BCUT2D eigenvalue weighted by Gasteiger charge is 2.30. The van der Waals surface area contributed by atoms with Crippen LogP contribution in [0.15, 0.2) is 48.5 Å². The van der Waals surface area contributed by atoms with Crippen molar-refractivity contribution in [2.75, 3.05) is 26.2 Å². The number of piperazine rings is 1. The van der Waals surface area contributed by atoms with Crippen LogP contribution in [0.25, 0.3) is 11.1 Å². The van der Waals surface area contributed by atoms with Gasteiger partial charge >= 0.3 is 6.18 Å². The van der Waals surface area contributed by atoms with Crippen molar-refractivity contribution >= 4 is 12.4 Å². The Labute approximate surface area is 167 Å². The lowest BCUT2D eigenvalue weighted by Gasteiger charge is -2.35. The molecule has 1 aliphatic rings. The summed E-state index contributed by atoms with van der Waals surface area (Å²) in [5, 5.41) is 3.21. The zero-order valence-corrected chi connectivity index (χ0v) is 15.9. The summed E-state index contributed by atoms with van der Waals surface area (Å²) in [6.45, 7) is 2.95. The molecule has 0 saturated carbocycles. The summed E-state index contributed by atoms with van der Waals surface area (Å²) in [5.41, 5.74) is 1.51. The van der Waals surface area contributed by atoms with Crippen LogP contribution < -0.4 is 5.32 Å². The Morgan fingerprint density at radius 3 is 1.82 bits per heavy atom. The molecule has 0 amide bonds. The van der Waals surface area contributed by atoms with E-state index < -0.39 is 18.2 Å². The fourth-order valence-electron chi connectivity index (χ4n) is 3.41. The molecule has 1 heterocycles. The van der Waals surface area contributed by atoms with Gasteiger partial charge in [0.2, 0.25) is 6.43 Å². The number of alkyl halides is 5. The van der Waals surface area contributed by atoms with Crippen molar-refractivity contribution in [1.29, 1.82) is 0 Å². The predicted octanol–water partition coefficient (Wildman–Crippen LogP) is 5.40. The van der Waals surface area contributed by atoms with Crippen LogP contribution in [-0.2, 0) is 6.18 Å². The van der Waals surface area contributed by atoms with Gasteiger partial charge in [-0.15, -0.1) is 12.4 Å². The third kappa shape index (κ3) is 5.65. The molecule has 28 heavy (non-hydrogen) atoms. The fraction of sp³-hybridized carbons (Fsp3) is 0.400. The van der Waals surface area contributed by atoms with Crippen molar-refractivity contribution in [3.63, 3.8) is 0 Å². The summed E-state index contributed by atoms with van der Waals surface area (Å²) < 4.78 is 64.2. The van der Waals surface area contributed by atoms with E-state index in [0.29, 0.717) is 18.7 Å². The van der Waals surface area contributed by atoms with E-state index in [4.69, 9.17) is 0 Å². The van der Waals surface area contributed by atoms with E-state index in [1.165, 1.54) is 12.1 Å². The first-order chi connectivity index (χ1) is 12.8. The van der Waals surface area contributed by atoms with Gasteiger partial charge < -0.3 is 5.32 Å². The van der Waals surface area contributed by atoms with E-state index in [9.17, 15) is 22.0 Å². The molecule has 1 N–H and O–H groups in total. The van der Waals surface area contributed by atoms with Crippen molar-refractivity contribution in [2.45, 2.75) is 25.1 Å². The minimum atomic E-state index is -4.37. The van der Waals surface area contributed by atoms with Crippen molar-refractivity contribution in [1.82, 2.24) is 10.2 Å². The molecule has 2 aromatic carbocycles. The lowest BCUT2D eigenvalue weighted by Crippen LogP contribution is -2.45. The quantitative estimate of drug-likeness (QED) is 0.652. The molecule has 2 nitrogen and oxygen atoms in total. The van der Waals surface area contributed by atoms with E-state index in [-0.39, 0.29) is 24.9 Å². The van der Waals surface area contributed by atoms with Gasteiger partial charge in [0.05, 0.1) is 5.56 Å². The monoisotopic (exact) mass is 420 g/mol. The van der Waals surface area contributed by atoms with Crippen molar-refractivity contribution in [3.05, 3.63) is 59.7 Å². The Hall–Kier alpha value is -1.70. The number of hydrogen-bond acceptors (Lipinski definition) is 2. The maximum atomic E-state index is 13.1. The zero-order chi connectivity index (χ0) is 19.4. The molecule has 0 unspecified atom stereocenters. The second-order valence-corrected chi connectivity index (χ2v) is 6.63. The summed E-state index contributed by atoms with van der Waals surface area (Å²) in [5.74, 6) is 0. The molecule has 0 radical (unpaired) electrons. The Morgan fingerprint density at radius 2 is 1.36 bits per heavy atom. The van der Waals surface area contributed by atoms with Gasteiger partial charge in [-0.25, -0.2) is 8.78 Å². The summed E-state index contributed by atoms with van der Waals surface area (Å²) in [6.07, 6.45) is -7.01. The van der Waals surface area contributed by atoms with Gasteiger partial charge in [-0.2, -0.15) is 13.2 Å². The molecule has 1 saturated heterocycles. The molecule has 1 atom stereocenters. The van der Waals surface area contributed by atoms with Gasteiger partial charge in [0.1, 0.15) is 0 Å². The predicted molar refractivity (Wildman–Crippen MR) is 102 cm³/mol. The Kier molecular flexibility index (Phi) is 7.80. The SMILES string of the molecule is Cl.FC(F)C[C@@H](c1ccc(-c2ccc(C(F)(F)F)cc2)cc1)N1CCNCC1. The first kappa shape index (κ1) is 22.6. The van der Waals surface area contributed by atoms with E-state index in [0.717, 1.165) is 36.3 Å². The number of benzene rings is 2. The minimum absolute atomic E-state index is 0. The molecule has 0 bridgehead atoms. The van der Waals surface area contributed by atoms with E-state index in [2.05, 4.69) is 10.2 Å². The van der Waals surface area contributed by atoms with Crippen molar-refractivity contribution < 1.29 is 22.0 Å². The van der Waals surface area contributed by atoms with E-state index >= 15 is 0 Å². The Morgan fingerprint density at radius 1 is 0.857 bits per heavy atom. The third-order valence-corrected chi connectivity index (χ3v) is 4.83. The fourth-order valence-corrected chi connectivity index (χ4v) is 3.41. The van der Waals surface area contributed by atoms with E-state index in [1.807, 2.05) is 0 Å². The Bertz CT molecular complexity index is 726. The van der Waals surface area contributed by atoms with E-state index in [1.54, 1.807) is 24.3 Å². The smallest absolute Gasteiger partial charge is 0.314 e. The maximum absolute atomic E-state index is 13.1. The standard InChI is InChI=1S/C20H21F5N2.ClH/c21-19(22)13-18(27-11-9-26-10-12-27)16-3-1-14(2-4-16)15-5-7-17(8-6-15)20(23,24)25;/h1-8,18-19,26H,9-13H2;1H/t18-;/m0./s1. The summed E-state index contributed by atoms with van der Waals surface area (Å²) in [7, 11) is 0. The zero-order valence-electron chi connectivity index (χ0n) is 15.1. The highest BCUT2D eigenvalue weighted by Crippen LogP contribution is 2.32. The molecular formula is C20H22ClF5N2. The number of nitrogens with one attached hydrogen (secondary N) is 1. The van der Waals surface area contributed by atoms with Crippen LogP contribution in [0, 0.1) is 0 Å². The van der Waals surface area contributed by atoms with Gasteiger partial charge in [-0.05, 0) is 28.8 Å². The highest BCUT2D eigenvalue weighted by molar-refractivity contribution is 5.85. The van der Waals surface area contributed by atoms with Gasteiger partial charge in [-0.3, -0.25) is 4.90 Å². The molecule has 8 heteroatoms. The van der Waals surface area contributed by atoms with Gasteiger partial charge in [0.25, 0.3) is 0 Å². The summed E-state index contributed by atoms with van der Waals surface area (Å²) >= 11 is 0. The first-order valence-electron chi connectivity index (χ1n) is 8.85. The summed E-state index contributed by atoms with van der Waals surface area (Å²) in [4.78, 5) is 2.05. The lowest BCUT2D eigenvalue weighted by molar-refractivity contribution is -0.137. The Balaban J connectivity index is 0.00000280. The maximum Gasteiger partial charge on any atom is 0.416 e. The van der Waals surface area contributed by atoms with Crippen LogP contribution in [0.2, 0.25) is 0 Å². The molecule has 2 aromatic rings. The van der Waals surface area contributed by atoms with Crippen molar-refractivity contribution in [3.8, 4) is 11.1 Å². The molecule has 154 valence electrons. The minimum Gasteiger partial charge on any atom is -0.314 e. The van der Waals surface area contributed by atoms with Crippen LogP contribution in [0.5, 0.6) is 0 Å². The molecular weight excluding hydrogens is 399 g/mol. The van der Waals surface area contributed by atoms with Gasteiger partial charge in [-0.1, -0.05) is 36.4 Å². The molecule has 0 spiro atoms. The van der Waals surface area contributed by atoms with Crippen LogP contribution in [0.1, 0.15) is 23.6 Å².